The normalized spacial score (nSPS) is 18.3. The fourth-order valence-corrected chi connectivity index (χ4v) is 3.33. The van der Waals surface area contributed by atoms with E-state index in [1.165, 1.54) is 0 Å². The molecule has 1 amide bonds. The van der Waals surface area contributed by atoms with Gasteiger partial charge in [-0.2, -0.15) is 0 Å². The summed E-state index contributed by atoms with van der Waals surface area (Å²) in [5, 5.41) is 2.83. The van der Waals surface area contributed by atoms with Crippen LogP contribution in [0, 0.1) is 0 Å². The molecule has 1 N–H and O–H groups in total. The van der Waals surface area contributed by atoms with Crippen LogP contribution in [0.3, 0.4) is 0 Å². The van der Waals surface area contributed by atoms with Gasteiger partial charge in [0, 0.05) is 19.3 Å². The summed E-state index contributed by atoms with van der Waals surface area (Å²) in [6.45, 7) is 0.685. The van der Waals surface area contributed by atoms with Gasteiger partial charge in [-0.1, -0.05) is 12.1 Å². The summed E-state index contributed by atoms with van der Waals surface area (Å²) in [4.78, 5) is 13.9. The van der Waals surface area contributed by atoms with Gasteiger partial charge in [0.1, 0.15) is 11.6 Å². The Morgan fingerprint density at radius 3 is 2.75 bits per heavy atom. The SMILES string of the molecule is COc1ccc(CNC(=O)C2=CN3CCS(=O)(=O)N=C3C=C2)cc1. The standard InChI is InChI=1S/C16H17N3O4S/c1-23-14-5-2-12(3-6-14)10-17-16(20)13-4-7-15-18-24(21,22)9-8-19(15)11-13/h2-7,11H,8-10H2,1H3,(H,17,20). The van der Waals surface area contributed by atoms with E-state index in [1.54, 1.807) is 30.4 Å². The van der Waals surface area contributed by atoms with E-state index < -0.39 is 10.0 Å². The Morgan fingerprint density at radius 2 is 2.04 bits per heavy atom. The Balaban J connectivity index is 1.64. The topological polar surface area (TPSA) is 88.1 Å². The molecule has 0 bridgehead atoms. The van der Waals surface area contributed by atoms with Crippen molar-refractivity contribution in [2.75, 3.05) is 19.4 Å². The van der Waals surface area contributed by atoms with Crippen molar-refractivity contribution in [3.05, 3.63) is 53.8 Å². The van der Waals surface area contributed by atoms with Crippen LogP contribution in [0.5, 0.6) is 5.75 Å². The summed E-state index contributed by atoms with van der Waals surface area (Å²) in [5.74, 6) is 0.819. The lowest BCUT2D eigenvalue weighted by Gasteiger charge is -2.26. The Labute approximate surface area is 140 Å². The predicted octanol–water partition coefficient (Wildman–Crippen LogP) is 0.809. The molecule has 126 valence electrons. The number of nitrogens with one attached hydrogen (secondary N) is 1. The van der Waals surface area contributed by atoms with Gasteiger partial charge in [-0.25, -0.2) is 8.42 Å². The lowest BCUT2D eigenvalue weighted by Crippen LogP contribution is -2.38. The zero-order valence-electron chi connectivity index (χ0n) is 13.1. The molecular weight excluding hydrogens is 330 g/mol. The Morgan fingerprint density at radius 1 is 1.29 bits per heavy atom. The molecule has 3 rings (SSSR count). The van der Waals surface area contributed by atoms with Crippen molar-refractivity contribution in [2.24, 2.45) is 4.40 Å². The molecule has 0 saturated carbocycles. The number of sulfonamides is 1. The van der Waals surface area contributed by atoms with E-state index in [-0.39, 0.29) is 11.7 Å². The maximum Gasteiger partial charge on any atom is 0.256 e. The number of amides is 1. The van der Waals surface area contributed by atoms with E-state index in [0.717, 1.165) is 11.3 Å². The van der Waals surface area contributed by atoms with Gasteiger partial charge in [0.25, 0.3) is 15.9 Å². The van der Waals surface area contributed by atoms with Crippen LogP contribution in [-0.4, -0.2) is 44.5 Å². The second kappa shape index (κ2) is 6.48. The second-order valence-electron chi connectivity index (χ2n) is 5.38. The summed E-state index contributed by atoms with van der Waals surface area (Å²) in [6.07, 6.45) is 4.73. The van der Waals surface area contributed by atoms with Crippen molar-refractivity contribution in [2.45, 2.75) is 6.54 Å². The van der Waals surface area contributed by atoms with Gasteiger partial charge < -0.3 is 15.0 Å². The maximum atomic E-state index is 12.3. The fraction of sp³-hybridized carbons (Fsp3) is 0.250. The van der Waals surface area contributed by atoms with Crippen molar-refractivity contribution >= 4 is 21.8 Å². The van der Waals surface area contributed by atoms with Crippen LogP contribution >= 0.6 is 0 Å². The molecule has 1 aromatic carbocycles. The van der Waals surface area contributed by atoms with Crippen molar-refractivity contribution in [1.82, 2.24) is 10.2 Å². The second-order valence-corrected chi connectivity index (χ2v) is 7.13. The summed E-state index contributed by atoms with van der Waals surface area (Å²) in [6, 6.07) is 7.42. The maximum absolute atomic E-state index is 12.3. The first-order chi connectivity index (χ1) is 11.5. The molecule has 0 fully saturated rings. The quantitative estimate of drug-likeness (QED) is 0.871. The van der Waals surface area contributed by atoms with E-state index in [4.69, 9.17) is 4.74 Å². The molecule has 2 aliphatic rings. The zero-order valence-corrected chi connectivity index (χ0v) is 13.9. The van der Waals surface area contributed by atoms with Crippen LogP contribution in [0.1, 0.15) is 5.56 Å². The Hall–Kier alpha value is -2.61. The van der Waals surface area contributed by atoms with Gasteiger partial charge in [0.15, 0.2) is 0 Å². The van der Waals surface area contributed by atoms with Crippen molar-refractivity contribution in [3.63, 3.8) is 0 Å². The molecule has 0 aliphatic carbocycles. The number of nitrogens with zero attached hydrogens (tertiary/aromatic N) is 2. The highest BCUT2D eigenvalue weighted by Gasteiger charge is 2.24. The largest absolute Gasteiger partial charge is 0.497 e. The first-order valence-electron chi connectivity index (χ1n) is 7.37. The van der Waals surface area contributed by atoms with Crippen LogP contribution in [0.15, 0.2) is 52.6 Å². The van der Waals surface area contributed by atoms with Crippen LogP contribution in [-0.2, 0) is 21.4 Å². The van der Waals surface area contributed by atoms with E-state index >= 15 is 0 Å². The third-order valence-electron chi connectivity index (χ3n) is 3.70. The monoisotopic (exact) mass is 347 g/mol. The predicted molar refractivity (Wildman–Crippen MR) is 90.0 cm³/mol. The molecule has 24 heavy (non-hydrogen) atoms. The van der Waals surface area contributed by atoms with Gasteiger partial charge >= 0.3 is 0 Å². The van der Waals surface area contributed by atoms with E-state index in [9.17, 15) is 13.2 Å². The third kappa shape index (κ3) is 3.65. The van der Waals surface area contributed by atoms with Gasteiger partial charge in [-0.05, 0) is 29.8 Å². The highest BCUT2D eigenvalue weighted by Crippen LogP contribution is 2.16. The van der Waals surface area contributed by atoms with Gasteiger partial charge in [0.05, 0.1) is 18.4 Å². The lowest BCUT2D eigenvalue weighted by atomic mass is 10.1. The molecule has 0 spiro atoms. The zero-order chi connectivity index (χ0) is 17.2. The number of rotatable bonds is 4. The van der Waals surface area contributed by atoms with Crippen molar-refractivity contribution in [3.8, 4) is 5.75 Å². The average molecular weight is 347 g/mol. The van der Waals surface area contributed by atoms with Crippen LogP contribution in [0.4, 0.5) is 0 Å². The fourth-order valence-electron chi connectivity index (χ4n) is 2.36. The minimum Gasteiger partial charge on any atom is -0.497 e. The summed E-state index contributed by atoms with van der Waals surface area (Å²) < 4.78 is 31.7. The minimum absolute atomic E-state index is 0.0540. The smallest absolute Gasteiger partial charge is 0.256 e. The van der Waals surface area contributed by atoms with Gasteiger partial charge in [0.2, 0.25) is 0 Å². The van der Waals surface area contributed by atoms with Crippen LogP contribution in [0.2, 0.25) is 0 Å². The molecule has 8 heteroatoms. The van der Waals surface area contributed by atoms with Crippen LogP contribution < -0.4 is 10.1 Å². The number of fused-ring (bicyclic) bond motifs is 1. The number of hydrogen-bond donors (Lipinski definition) is 1. The Kier molecular flexibility index (Phi) is 4.39. The first-order valence-corrected chi connectivity index (χ1v) is 8.98. The highest BCUT2D eigenvalue weighted by molar-refractivity contribution is 7.90. The summed E-state index contributed by atoms with van der Waals surface area (Å²) in [5.41, 5.74) is 1.41. The van der Waals surface area contributed by atoms with Gasteiger partial charge in [-0.3, -0.25) is 4.79 Å². The van der Waals surface area contributed by atoms with E-state index in [0.29, 0.717) is 24.5 Å². The van der Waals surface area contributed by atoms with Crippen LogP contribution in [0.25, 0.3) is 0 Å². The lowest BCUT2D eigenvalue weighted by molar-refractivity contribution is -0.117. The molecule has 0 atom stereocenters. The average Bonchev–Trinajstić information content (AvgIpc) is 2.59. The highest BCUT2D eigenvalue weighted by atomic mass is 32.2. The number of hydrogen-bond acceptors (Lipinski definition) is 5. The number of ether oxygens (including phenoxy) is 1. The number of methoxy groups -OCH3 is 1. The molecule has 2 heterocycles. The minimum atomic E-state index is -3.39. The summed E-state index contributed by atoms with van der Waals surface area (Å²) >= 11 is 0. The molecule has 2 aliphatic heterocycles. The molecule has 7 nitrogen and oxygen atoms in total. The Bertz CT molecular complexity index is 839. The number of carbonyl (C=O) groups is 1. The third-order valence-corrected chi connectivity index (χ3v) is 4.86. The molecule has 0 saturated heterocycles. The number of benzene rings is 1. The molecule has 0 unspecified atom stereocenters. The van der Waals surface area contributed by atoms with E-state index in [2.05, 4.69) is 9.71 Å². The number of amidine groups is 1. The van der Waals surface area contributed by atoms with Crippen molar-refractivity contribution < 1.29 is 17.9 Å². The first kappa shape index (κ1) is 16.3. The van der Waals surface area contributed by atoms with Gasteiger partial charge in [-0.15, -0.1) is 4.40 Å². The molecule has 1 aromatic rings. The molecule has 0 radical (unpaired) electrons. The number of carbonyl (C=O) groups excluding carboxylic acids is 1. The van der Waals surface area contributed by atoms with E-state index in [1.807, 2.05) is 24.3 Å². The molecule has 0 aromatic heterocycles. The summed E-state index contributed by atoms with van der Waals surface area (Å²) in [7, 11) is -1.79. The van der Waals surface area contributed by atoms with Crippen molar-refractivity contribution in [1.29, 1.82) is 0 Å². The molecular formula is C16H17N3O4S.